The van der Waals surface area contributed by atoms with E-state index in [-0.39, 0.29) is 5.75 Å². The van der Waals surface area contributed by atoms with Crippen molar-refractivity contribution in [2.75, 3.05) is 5.75 Å². The van der Waals surface area contributed by atoms with Crippen molar-refractivity contribution in [2.45, 2.75) is 26.7 Å². The lowest BCUT2D eigenvalue weighted by Crippen LogP contribution is -2.06. The molecule has 0 fully saturated rings. The van der Waals surface area contributed by atoms with Gasteiger partial charge in [-0.2, -0.15) is 8.42 Å². The molecule has 0 aliphatic rings. The molecule has 0 spiro atoms. The molecular formula is C6H12NO3S. The zero-order valence-electron chi connectivity index (χ0n) is 6.70. The summed E-state index contributed by atoms with van der Waals surface area (Å²) < 4.78 is 25.7. The first-order chi connectivity index (χ1) is 5.12. The fourth-order valence-corrected chi connectivity index (χ4v) is 1.18. The molecule has 1 radical (unpaired) electrons. The summed E-state index contributed by atoms with van der Waals surface area (Å²) in [4.78, 5) is 0. The van der Waals surface area contributed by atoms with E-state index in [1.165, 1.54) is 0 Å². The van der Waals surface area contributed by atoms with Crippen molar-refractivity contribution in [3.05, 3.63) is 0 Å². The van der Waals surface area contributed by atoms with Crippen LogP contribution in [-0.2, 0) is 14.4 Å². The zero-order chi connectivity index (χ0) is 8.74. The second kappa shape index (κ2) is 5.12. The molecule has 4 nitrogen and oxygen atoms in total. The number of hydrogen-bond donors (Lipinski definition) is 0. The Balaban J connectivity index is 3.83. The lowest BCUT2D eigenvalue weighted by atomic mass is 10.6. The molecule has 0 saturated carbocycles. The molecule has 0 unspecified atom stereocenters. The van der Waals surface area contributed by atoms with Crippen molar-refractivity contribution < 1.29 is 12.7 Å². The van der Waals surface area contributed by atoms with Crippen LogP contribution in [0.2, 0.25) is 0 Å². The monoisotopic (exact) mass is 178 g/mol. The predicted octanol–water partition coefficient (Wildman–Crippen LogP) is 1.02. The number of hydrogen-bond acceptors (Lipinski definition) is 4. The molecule has 11 heavy (non-hydrogen) atoms. The summed E-state index contributed by atoms with van der Waals surface area (Å²) >= 11 is 0. The Morgan fingerprint density at radius 3 is 2.55 bits per heavy atom. The van der Waals surface area contributed by atoms with Crippen molar-refractivity contribution >= 4 is 16.3 Å². The van der Waals surface area contributed by atoms with Crippen LogP contribution in [0.15, 0.2) is 5.16 Å². The van der Waals surface area contributed by atoms with E-state index in [4.69, 9.17) is 0 Å². The van der Waals surface area contributed by atoms with Crippen molar-refractivity contribution in [3.63, 3.8) is 0 Å². The quantitative estimate of drug-likeness (QED) is 0.466. The van der Waals surface area contributed by atoms with Crippen LogP contribution < -0.4 is 0 Å². The second-order valence-corrected chi connectivity index (χ2v) is 3.61. The third-order valence-corrected chi connectivity index (χ3v) is 2.04. The van der Waals surface area contributed by atoms with Gasteiger partial charge in [0.05, 0.1) is 5.75 Å². The van der Waals surface area contributed by atoms with Crippen molar-refractivity contribution in [1.82, 2.24) is 0 Å². The van der Waals surface area contributed by atoms with E-state index in [1.807, 2.05) is 0 Å². The van der Waals surface area contributed by atoms with E-state index in [2.05, 4.69) is 15.7 Å². The van der Waals surface area contributed by atoms with Crippen LogP contribution in [0.1, 0.15) is 26.7 Å². The van der Waals surface area contributed by atoms with Crippen LogP contribution >= 0.6 is 0 Å². The molecule has 0 aliphatic carbocycles. The van der Waals surface area contributed by atoms with Gasteiger partial charge in [-0.25, -0.2) is 0 Å². The first-order valence-electron chi connectivity index (χ1n) is 3.46. The highest BCUT2D eigenvalue weighted by Gasteiger charge is 2.07. The maximum Gasteiger partial charge on any atom is 0.328 e. The molecule has 5 heteroatoms. The molecule has 0 atom stereocenters. The standard InChI is InChI=1S/C6H12NO3S/c1-3-5-7-10-11(8,9)6-4-2/h3-4,6H2,1-2H3. The average molecular weight is 178 g/mol. The molecular weight excluding hydrogens is 166 g/mol. The van der Waals surface area contributed by atoms with E-state index in [9.17, 15) is 8.42 Å². The SMILES string of the molecule is CC/[C]=N\OS(=O)(=O)CCC. The van der Waals surface area contributed by atoms with Gasteiger partial charge in [0, 0.05) is 0 Å². The van der Waals surface area contributed by atoms with Crippen LogP contribution in [0.3, 0.4) is 0 Å². The van der Waals surface area contributed by atoms with Gasteiger partial charge in [0.25, 0.3) is 0 Å². The molecule has 0 aliphatic heterocycles. The van der Waals surface area contributed by atoms with Gasteiger partial charge in [0.2, 0.25) is 0 Å². The molecule has 0 N–H and O–H groups in total. The highest BCUT2D eigenvalue weighted by Crippen LogP contribution is 1.95. The topological polar surface area (TPSA) is 55.7 Å². The summed E-state index contributed by atoms with van der Waals surface area (Å²) in [6.07, 6.45) is 3.46. The smallest absolute Gasteiger partial charge is 0.268 e. The summed E-state index contributed by atoms with van der Waals surface area (Å²) in [5, 5.41) is 3.14. The third kappa shape index (κ3) is 5.84. The van der Waals surface area contributed by atoms with Gasteiger partial charge in [-0.15, -0.1) is 0 Å². The van der Waals surface area contributed by atoms with Crippen LogP contribution in [0.5, 0.6) is 0 Å². The van der Waals surface area contributed by atoms with Gasteiger partial charge < -0.3 is 0 Å². The fourth-order valence-electron chi connectivity index (χ4n) is 0.435. The molecule has 65 valence electrons. The summed E-state index contributed by atoms with van der Waals surface area (Å²) in [7, 11) is -3.43. The molecule has 0 bridgehead atoms. The van der Waals surface area contributed by atoms with Gasteiger partial charge >= 0.3 is 10.1 Å². The van der Waals surface area contributed by atoms with Gasteiger partial charge in [-0.3, -0.25) is 4.28 Å². The fraction of sp³-hybridized carbons (Fsp3) is 0.833. The number of nitrogens with zero attached hydrogens (tertiary/aromatic N) is 1. The van der Waals surface area contributed by atoms with Gasteiger partial charge in [-0.1, -0.05) is 19.0 Å². The van der Waals surface area contributed by atoms with E-state index < -0.39 is 10.1 Å². The van der Waals surface area contributed by atoms with E-state index >= 15 is 0 Å². The summed E-state index contributed by atoms with van der Waals surface area (Å²) in [6, 6.07) is 0. The molecule has 0 saturated heterocycles. The minimum Gasteiger partial charge on any atom is -0.268 e. The van der Waals surface area contributed by atoms with E-state index in [0.717, 1.165) is 0 Å². The van der Waals surface area contributed by atoms with Crippen LogP contribution in [0.4, 0.5) is 0 Å². The Bertz CT molecular complexity index is 208. The average Bonchev–Trinajstić information content (AvgIpc) is 1.87. The summed E-state index contributed by atoms with van der Waals surface area (Å²) in [6.45, 7) is 3.55. The van der Waals surface area contributed by atoms with Crippen molar-refractivity contribution in [2.24, 2.45) is 5.16 Å². The predicted molar refractivity (Wildman–Crippen MR) is 42.9 cm³/mol. The molecule has 0 aromatic carbocycles. The molecule has 0 rings (SSSR count). The Labute approximate surface area is 67.4 Å². The summed E-state index contributed by atoms with van der Waals surface area (Å²) in [5.74, 6) is 0.00188. The second-order valence-electron chi connectivity index (χ2n) is 1.94. The van der Waals surface area contributed by atoms with Gasteiger partial charge in [-0.05, 0) is 12.8 Å². The first kappa shape index (κ1) is 10.4. The van der Waals surface area contributed by atoms with E-state index in [0.29, 0.717) is 12.8 Å². The first-order valence-corrected chi connectivity index (χ1v) is 5.04. The Hall–Kier alpha value is -0.580. The molecule has 0 aromatic rings. The Morgan fingerprint density at radius 1 is 1.45 bits per heavy atom. The maximum atomic E-state index is 10.7. The minimum absolute atomic E-state index is 0.00188. The summed E-state index contributed by atoms with van der Waals surface area (Å²) in [5.41, 5.74) is 0. The van der Waals surface area contributed by atoms with Crippen LogP contribution in [0.25, 0.3) is 0 Å². The molecule has 0 aromatic heterocycles. The van der Waals surface area contributed by atoms with Crippen LogP contribution in [0, 0.1) is 0 Å². The Kier molecular flexibility index (Phi) is 4.85. The maximum absolute atomic E-state index is 10.7. The van der Waals surface area contributed by atoms with Crippen molar-refractivity contribution in [1.29, 1.82) is 0 Å². The zero-order valence-corrected chi connectivity index (χ0v) is 7.52. The van der Waals surface area contributed by atoms with Gasteiger partial charge in [0.15, 0.2) is 0 Å². The lowest BCUT2D eigenvalue weighted by Gasteiger charge is -1.96. The minimum atomic E-state index is -3.43. The normalized spacial score (nSPS) is 12.2. The molecule has 0 heterocycles. The largest absolute Gasteiger partial charge is 0.328 e. The lowest BCUT2D eigenvalue weighted by molar-refractivity contribution is 0.340. The number of rotatable bonds is 5. The third-order valence-electron chi connectivity index (χ3n) is 0.828. The van der Waals surface area contributed by atoms with E-state index in [1.54, 1.807) is 13.8 Å². The van der Waals surface area contributed by atoms with Gasteiger partial charge in [0.1, 0.15) is 6.21 Å². The molecule has 0 amide bonds. The van der Waals surface area contributed by atoms with Crippen LogP contribution in [-0.4, -0.2) is 20.4 Å². The highest BCUT2D eigenvalue weighted by molar-refractivity contribution is 7.86. The van der Waals surface area contributed by atoms with Crippen molar-refractivity contribution in [3.8, 4) is 0 Å². The highest BCUT2D eigenvalue weighted by atomic mass is 32.2. The Morgan fingerprint density at radius 2 is 2.09 bits per heavy atom.